The van der Waals surface area contributed by atoms with Gasteiger partial charge in [0, 0.05) is 23.1 Å². The van der Waals surface area contributed by atoms with Crippen molar-refractivity contribution in [1.29, 1.82) is 0 Å². The van der Waals surface area contributed by atoms with Gasteiger partial charge in [0.05, 0.1) is 18.1 Å². The molecule has 0 radical (unpaired) electrons. The van der Waals surface area contributed by atoms with E-state index in [1.165, 1.54) is 30.0 Å². The molecule has 0 unspecified atom stereocenters. The van der Waals surface area contributed by atoms with E-state index >= 15 is 0 Å². The Hall–Kier alpha value is -1.04. The molecule has 8 nitrogen and oxygen atoms in total. The first-order valence-corrected chi connectivity index (χ1v) is 10.1. The number of nitrogens with one attached hydrogen (secondary N) is 1. The number of nitrogens with zero attached hydrogens (tertiary/aromatic N) is 1. The second kappa shape index (κ2) is 9.19. The van der Waals surface area contributed by atoms with Crippen molar-refractivity contribution in [2.45, 2.75) is 23.7 Å². The van der Waals surface area contributed by atoms with Gasteiger partial charge in [-0.25, -0.2) is 0 Å². The Balaban J connectivity index is 0.00000280. The van der Waals surface area contributed by atoms with Crippen LogP contribution in [0.1, 0.15) is 11.8 Å². The molecular formula is C16H14ClN2NaO6S2. The zero-order valence-electron chi connectivity index (χ0n) is 15.0. The molecule has 0 aliphatic carbocycles. The molecule has 144 valence electrons. The predicted octanol–water partition coefficient (Wildman–Crippen LogP) is -3.17. The molecule has 2 aliphatic rings. The first-order valence-electron chi connectivity index (χ1n) is 7.78. The number of fused-ring (bicyclic) bond motifs is 1. The number of carbonyl (C=O) groups excluding carboxylic acids is 4. The van der Waals surface area contributed by atoms with Crippen LogP contribution in [0.2, 0.25) is 0 Å². The van der Waals surface area contributed by atoms with Crippen molar-refractivity contribution in [2.24, 2.45) is 0 Å². The standard InChI is InChI=1S/C16H15ClN2O6S2.Na/c1-8(20)25-6-9-7-27-15-16(17,14(24)19(15)12(9)13(22)23)18-11(21)5-10-3-2-4-26-10;/h2-4,15H,5-7H2,1H3,(H,18,21)(H,22,23);/q;+1/p-1/t15-,16+;/m1./s1. The van der Waals surface area contributed by atoms with Crippen LogP contribution in [0, 0.1) is 0 Å². The summed E-state index contributed by atoms with van der Waals surface area (Å²) >= 11 is 8.92. The number of halogens is 1. The summed E-state index contributed by atoms with van der Waals surface area (Å²) in [7, 11) is 0. The van der Waals surface area contributed by atoms with Crippen LogP contribution in [0.5, 0.6) is 0 Å². The Labute approximate surface area is 195 Å². The van der Waals surface area contributed by atoms with E-state index in [0.29, 0.717) is 0 Å². The van der Waals surface area contributed by atoms with Crippen LogP contribution in [0.3, 0.4) is 0 Å². The monoisotopic (exact) mass is 452 g/mol. The van der Waals surface area contributed by atoms with Crippen LogP contribution < -0.4 is 40.0 Å². The molecular weight excluding hydrogens is 439 g/mol. The number of carbonyl (C=O) groups is 4. The number of rotatable bonds is 6. The number of carboxylic acid groups (broad SMARTS) is 1. The number of ether oxygens (including phenoxy) is 1. The van der Waals surface area contributed by atoms with Gasteiger partial charge in [0.25, 0.3) is 5.91 Å². The number of thioether (sulfide) groups is 1. The van der Waals surface area contributed by atoms with Gasteiger partial charge in [-0.2, -0.15) is 0 Å². The summed E-state index contributed by atoms with van der Waals surface area (Å²) in [6.45, 7) is 0.932. The molecule has 3 rings (SSSR count). The smallest absolute Gasteiger partial charge is 0.543 e. The van der Waals surface area contributed by atoms with Crippen molar-refractivity contribution in [1.82, 2.24) is 10.2 Å². The largest absolute Gasteiger partial charge is 1.00 e. The zero-order chi connectivity index (χ0) is 19.8. The van der Waals surface area contributed by atoms with Crippen LogP contribution in [-0.4, -0.2) is 51.4 Å². The van der Waals surface area contributed by atoms with Gasteiger partial charge in [-0.3, -0.25) is 19.3 Å². The maximum Gasteiger partial charge on any atom is 1.00 e. The third-order valence-electron chi connectivity index (χ3n) is 3.98. The second-order valence-electron chi connectivity index (χ2n) is 5.87. The van der Waals surface area contributed by atoms with Crippen LogP contribution >= 0.6 is 34.7 Å². The fraction of sp³-hybridized carbons (Fsp3) is 0.375. The number of alkyl halides is 1. The van der Waals surface area contributed by atoms with E-state index in [1.807, 2.05) is 5.38 Å². The third kappa shape index (κ3) is 4.42. The summed E-state index contributed by atoms with van der Waals surface area (Å²) in [6, 6.07) is 3.59. The zero-order valence-corrected chi connectivity index (χ0v) is 19.4. The van der Waals surface area contributed by atoms with Gasteiger partial charge in [-0.05, 0) is 11.4 Å². The Morgan fingerprint density at radius 1 is 1.46 bits per heavy atom. The Morgan fingerprint density at radius 2 is 2.18 bits per heavy atom. The molecule has 1 aromatic heterocycles. The normalized spacial score (nSPS) is 23.3. The topological polar surface area (TPSA) is 116 Å². The van der Waals surface area contributed by atoms with Gasteiger partial charge in [0.2, 0.25) is 10.9 Å². The van der Waals surface area contributed by atoms with Crippen LogP contribution in [-0.2, 0) is 30.3 Å². The molecule has 1 N–H and O–H groups in total. The minimum absolute atomic E-state index is 0. The Kier molecular flexibility index (Phi) is 7.62. The Bertz CT molecular complexity index is 846. The SMILES string of the molecule is CC(=O)OCC1=C(C(=O)[O-])N2C(=O)[C@](Cl)(NC(=O)Cc3cccs3)[C@H]2SC1.[Na+]. The molecule has 12 heteroatoms. The molecule has 0 saturated carbocycles. The minimum Gasteiger partial charge on any atom is -0.543 e. The molecule has 1 saturated heterocycles. The van der Waals surface area contributed by atoms with E-state index in [4.69, 9.17) is 16.3 Å². The van der Waals surface area contributed by atoms with Gasteiger partial charge < -0.3 is 20.0 Å². The van der Waals surface area contributed by atoms with Gasteiger partial charge in [0.1, 0.15) is 12.0 Å². The number of thiophene rings is 1. The summed E-state index contributed by atoms with van der Waals surface area (Å²) in [4.78, 5) is 47.4. The molecule has 0 bridgehead atoms. The summed E-state index contributed by atoms with van der Waals surface area (Å²) < 4.78 is 4.84. The molecule has 2 atom stereocenters. The summed E-state index contributed by atoms with van der Waals surface area (Å²) in [5.74, 6) is -3.18. The summed E-state index contributed by atoms with van der Waals surface area (Å²) in [6.07, 6.45) is 0.0672. The van der Waals surface area contributed by atoms with Crippen LogP contribution in [0.4, 0.5) is 0 Å². The fourth-order valence-electron chi connectivity index (χ4n) is 2.80. The van der Waals surface area contributed by atoms with E-state index in [0.717, 1.165) is 9.78 Å². The van der Waals surface area contributed by atoms with Crippen LogP contribution in [0.15, 0.2) is 28.8 Å². The number of aliphatic carboxylic acids is 1. The molecule has 0 aromatic carbocycles. The van der Waals surface area contributed by atoms with Gasteiger partial charge in [0.15, 0.2) is 0 Å². The second-order valence-corrected chi connectivity index (χ2v) is 8.57. The van der Waals surface area contributed by atoms with Gasteiger partial charge >= 0.3 is 35.5 Å². The number of esters is 1. The maximum atomic E-state index is 12.6. The van der Waals surface area contributed by atoms with E-state index < -0.39 is 34.1 Å². The van der Waals surface area contributed by atoms with E-state index in [2.05, 4.69) is 5.32 Å². The van der Waals surface area contributed by atoms with Crippen molar-refractivity contribution >= 4 is 58.5 Å². The third-order valence-corrected chi connectivity index (χ3v) is 6.84. The van der Waals surface area contributed by atoms with Crippen molar-refractivity contribution < 1.29 is 58.6 Å². The van der Waals surface area contributed by atoms with Crippen molar-refractivity contribution in [2.75, 3.05) is 12.4 Å². The number of amides is 2. The van der Waals surface area contributed by atoms with Crippen molar-refractivity contribution in [3.8, 4) is 0 Å². The van der Waals surface area contributed by atoms with E-state index in [9.17, 15) is 24.3 Å². The minimum atomic E-state index is -1.73. The van der Waals surface area contributed by atoms with Crippen LogP contribution in [0.25, 0.3) is 0 Å². The maximum absolute atomic E-state index is 12.6. The summed E-state index contributed by atoms with van der Waals surface area (Å²) in [5, 5.41) is 15.1. The molecule has 1 aromatic rings. The molecule has 3 heterocycles. The fourth-order valence-corrected chi connectivity index (χ4v) is 5.31. The summed E-state index contributed by atoms with van der Waals surface area (Å²) in [5.41, 5.74) is -0.128. The van der Waals surface area contributed by atoms with Gasteiger partial charge in [-0.1, -0.05) is 17.7 Å². The van der Waals surface area contributed by atoms with Crippen molar-refractivity contribution in [3.05, 3.63) is 33.7 Å². The first-order chi connectivity index (χ1) is 12.7. The Morgan fingerprint density at radius 3 is 2.75 bits per heavy atom. The predicted molar refractivity (Wildman–Crippen MR) is 96.5 cm³/mol. The molecule has 0 spiro atoms. The molecule has 28 heavy (non-hydrogen) atoms. The number of carboxylic acids is 1. The quantitative estimate of drug-likeness (QED) is 0.159. The number of β-lactam (4-membered cyclic amide) rings is 1. The first kappa shape index (κ1) is 23.2. The van der Waals surface area contributed by atoms with Gasteiger partial charge in [-0.15, -0.1) is 23.1 Å². The van der Waals surface area contributed by atoms with Crippen molar-refractivity contribution in [3.63, 3.8) is 0 Å². The van der Waals surface area contributed by atoms with E-state index in [-0.39, 0.29) is 59.6 Å². The van der Waals surface area contributed by atoms with E-state index in [1.54, 1.807) is 12.1 Å². The average molecular weight is 453 g/mol. The molecule has 2 amide bonds. The number of hydrogen-bond acceptors (Lipinski definition) is 8. The molecule has 1 fully saturated rings. The molecule has 2 aliphatic heterocycles. The average Bonchev–Trinajstić information content (AvgIpc) is 3.11. The number of hydrogen-bond donors (Lipinski definition) is 1.